The molecule has 0 amide bonds. The predicted molar refractivity (Wildman–Crippen MR) is 108 cm³/mol. The fraction of sp³-hybridized carbons (Fsp3) is 0.500. The van der Waals surface area contributed by atoms with E-state index in [0.717, 1.165) is 60.7 Å². The zero-order valence-corrected chi connectivity index (χ0v) is 17.2. The molecule has 28 heavy (non-hydrogen) atoms. The number of hydrogen-bond acceptors (Lipinski definition) is 7. The van der Waals surface area contributed by atoms with Crippen LogP contribution in [0.1, 0.15) is 30.1 Å². The van der Waals surface area contributed by atoms with Gasteiger partial charge in [0.25, 0.3) is 0 Å². The van der Waals surface area contributed by atoms with Crippen molar-refractivity contribution in [3.8, 4) is 17.2 Å². The maximum absolute atomic E-state index is 5.56. The topological polar surface area (TPSA) is 61.6 Å². The molecule has 7 nitrogen and oxygen atoms in total. The second-order valence-electron chi connectivity index (χ2n) is 7.11. The molecule has 0 radical (unpaired) electrons. The van der Waals surface area contributed by atoms with Crippen molar-refractivity contribution in [2.75, 3.05) is 32.7 Å². The molecule has 2 aromatic rings. The Labute approximate surface area is 169 Å². The Kier molecular flexibility index (Phi) is 5.77. The highest BCUT2D eigenvalue weighted by Crippen LogP contribution is 2.42. The van der Waals surface area contributed by atoms with Gasteiger partial charge in [0.1, 0.15) is 5.82 Å². The number of rotatable bonds is 7. The SMILES string of the molecule is C=CCSc1nnc(C2CCCN(Cc3cc(OC)c4c(c3)OCO4)C2)n1C. The van der Waals surface area contributed by atoms with Crippen LogP contribution in [0.2, 0.25) is 0 Å². The van der Waals surface area contributed by atoms with E-state index in [-0.39, 0.29) is 6.79 Å². The van der Waals surface area contributed by atoms with E-state index < -0.39 is 0 Å². The van der Waals surface area contributed by atoms with Crippen molar-refractivity contribution >= 4 is 11.8 Å². The minimum absolute atomic E-state index is 0.249. The second kappa shape index (κ2) is 8.45. The van der Waals surface area contributed by atoms with Gasteiger partial charge in [-0.2, -0.15) is 0 Å². The molecule has 4 rings (SSSR count). The molecule has 1 unspecified atom stereocenters. The molecule has 2 aliphatic rings. The molecular weight excluding hydrogens is 376 g/mol. The Morgan fingerprint density at radius 2 is 2.25 bits per heavy atom. The average molecular weight is 403 g/mol. The van der Waals surface area contributed by atoms with Gasteiger partial charge in [-0.3, -0.25) is 4.90 Å². The average Bonchev–Trinajstić information content (AvgIpc) is 3.32. The van der Waals surface area contributed by atoms with Gasteiger partial charge in [-0.15, -0.1) is 16.8 Å². The molecule has 1 fully saturated rings. The molecule has 150 valence electrons. The summed E-state index contributed by atoms with van der Waals surface area (Å²) in [5.41, 5.74) is 1.17. The molecule has 8 heteroatoms. The summed E-state index contributed by atoms with van der Waals surface area (Å²) in [7, 11) is 3.72. The maximum Gasteiger partial charge on any atom is 0.231 e. The molecule has 0 saturated carbocycles. The normalized spacial score (nSPS) is 19.0. The van der Waals surface area contributed by atoms with Crippen LogP contribution in [-0.2, 0) is 13.6 Å². The molecule has 3 heterocycles. The number of fused-ring (bicyclic) bond motifs is 1. The van der Waals surface area contributed by atoms with Gasteiger partial charge in [0.05, 0.1) is 7.11 Å². The van der Waals surface area contributed by atoms with Crippen LogP contribution in [0.3, 0.4) is 0 Å². The molecule has 1 saturated heterocycles. The Morgan fingerprint density at radius 1 is 1.36 bits per heavy atom. The van der Waals surface area contributed by atoms with Crippen molar-refractivity contribution in [3.05, 3.63) is 36.2 Å². The van der Waals surface area contributed by atoms with Gasteiger partial charge >= 0.3 is 0 Å². The van der Waals surface area contributed by atoms with Gasteiger partial charge in [0.2, 0.25) is 12.5 Å². The van der Waals surface area contributed by atoms with E-state index in [1.165, 1.54) is 5.56 Å². The third-order valence-corrected chi connectivity index (χ3v) is 6.21. The molecule has 0 N–H and O–H groups in total. The number of methoxy groups -OCH3 is 1. The van der Waals surface area contributed by atoms with E-state index >= 15 is 0 Å². The number of likely N-dealkylation sites (tertiary alicyclic amines) is 1. The summed E-state index contributed by atoms with van der Waals surface area (Å²) in [5, 5.41) is 9.80. The zero-order chi connectivity index (χ0) is 19.5. The lowest BCUT2D eigenvalue weighted by atomic mass is 9.96. The van der Waals surface area contributed by atoms with Gasteiger partial charge in [-0.25, -0.2) is 0 Å². The van der Waals surface area contributed by atoms with E-state index in [9.17, 15) is 0 Å². The predicted octanol–water partition coefficient (Wildman–Crippen LogP) is 3.21. The number of piperidine rings is 1. The number of benzene rings is 1. The molecule has 0 spiro atoms. The highest BCUT2D eigenvalue weighted by Gasteiger charge is 2.27. The summed E-state index contributed by atoms with van der Waals surface area (Å²) in [5.74, 6) is 4.50. The van der Waals surface area contributed by atoms with Crippen LogP contribution in [-0.4, -0.2) is 52.4 Å². The van der Waals surface area contributed by atoms with Crippen molar-refractivity contribution in [3.63, 3.8) is 0 Å². The van der Waals surface area contributed by atoms with Gasteiger partial charge in [0.15, 0.2) is 16.7 Å². The minimum atomic E-state index is 0.249. The number of aromatic nitrogens is 3. The Hall–Kier alpha value is -2.19. The lowest BCUT2D eigenvalue weighted by molar-refractivity contribution is 0.171. The fourth-order valence-corrected chi connectivity index (χ4v) is 4.54. The van der Waals surface area contributed by atoms with Gasteiger partial charge in [0, 0.05) is 31.8 Å². The Morgan fingerprint density at radius 3 is 3.07 bits per heavy atom. The van der Waals surface area contributed by atoms with E-state index in [2.05, 4.69) is 39.4 Å². The summed E-state index contributed by atoms with van der Waals surface area (Å²) in [4.78, 5) is 2.47. The largest absolute Gasteiger partial charge is 0.493 e. The summed E-state index contributed by atoms with van der Waals surface area (Å²) >= 11 is 1.67. The van der Waals surface area contributed by atoms with E-state index in [0.29, 0.717) is 11.7 Å². The molecule has 0 aliphatic carbocycles. The monoisotopic (exact) mass is 402 g/mol. The smallest absolute Gasteiger partial charge is 0.231 e. The van der Waals surface area contributed by atoms with Crippen molar-refractivity contribution in [2.24, 2.45) is 7.05 Å². The van der Waals surface area contributed by atoms with Crippen molar-refractivity contribution in [2.45, 2.75) is 30.5 Å². The van der Waals surface area contributed by atoms with Crippen LogP contribution in [0.5, 0.6) is 17.2 Å². The van der Waals surface area contributed by atoms with Crippen molar-refractivity contribution in [1.82, 2.24) is 19.7 Å². The first-order chi connectivity index (χ1) is 13.7. The van der Waals surface area contributed by atoms with Gasteiger partial charge in [-0.1, -0.05) is 17.8 Å². The summed E-state index contributed by atoms with van der Waals surface area (Å²) in [6.45, 7) is 6.91. The third kappa shape index (κ3) is 3.84. The quantitative estimate of drug-likeness (QED) is 0.520. The molecular formula is C20H26N4O3S. The van der Waals surface area contributed by atoms with Crippen molar-refractivity contribution in [1.29, 1.82) is 0 Å². The van der Waals surface area contributed by atoms with Crippen LogP contribution in [0.25, 0.3) is 0 Å². The zero-order valence-electron chi connectivity index (χ0n) is 16.4. The van der Waals surface area contributed by atoms with Crippen LogP contribution < -0.4 is 14.2 Å². The Bertz CT molecular complexity index is 854. The molecule has 0 bridgehead atoms. The third-order valence-electron chi connectivity index (χ3n) is 5.19. The molecule has 2 aliphatic heterocycles. The van der Waals surface area contributed by atoms with E-state index in [1.54, 1.807) is 18.9 Å². The van der Waals surface area contributed by atoms with Crippen molar-refractivity contribution < 1.29 is 14.2 Å². The fourth-order valence-electron chi connectivity index (χ4n) is 3.88. The van der Waals surface area contributed by atoms with Crippen LogP contribution in [0.15, 0.2) is 29.9 Å². The molecule has 1 atom stereocenters. The van der Waals surface area contributed by atoms with E-state index in [4.69, 9.17) is 14.2 Å². The highest BCUT2D eigenvalue weighted by molar-refractivity contribution is 7.99. The first-order valence-corrected chi connectivity index (χ1v) is 10.5. The van der Waals surface area contributed by atoms with Gasteiger partial charge < -0.3 is 18.8 Å². The summed E-state index contributed by atoms with van der Waals surface area (Å²) in [6.07, 6.45) is 4.18. The number of ether oxygens (including phenoxy) is 3. The van der Waals surface area contributed by atoms with E-state index in [1.807, 2.05) is 12.1 Å². The number of nitrogens with zero attached hydrogens (tertiary/aromatic N) is 4. The molecule has 1 aromatic carbocycles. The molecule has 1 aromatic heterocycles. The summed E-state index contributed by atoms with van der Waals surface area (Å²) < 4.78 is 18.7. The second-order valence-corrected chi connectivity index (χ2v) is 8.09. The first-order valence-electron chi connectivity index (χ1n) is 9.51. The van der Waals surface area contributed by atoms with Crippen LogP contribution >= 0.6 is 11.8 Å². The van der Waals surface area contributed by atoms with Crippen LogP contribution in [0, 0.1) is 0 Å². The lowest BCUT2D eigenvalue weighted by Gasteiger charge is -2.32. The Balaban J connectivity index is 1.46. The minimum Gasteiger partial charge on any atom is -0.493 e. The van der Waals surface area contributed by atoms with Gasteiger partial charge in [-0.05, 0) is 37.1 Å². The lowest BCUT2D eigenvalue weighted by Crippen LogP contribution is -2.34. The number of thioether (sulfide) groups is 1. The maximum atomic E-state index is 5.56. The standard InChI is InChI=1S/C20H26N4O3S/c1-4-8-28-20-22-21-19(23(20)2)15-6-5-7-24(12-15)11-14-9-16(25-3)18-17(10-14)26-13-27-18/h4,9-10,15H,1,5-8,11-13H2,2-3H3. The van der Waals surface area contributed by atoms with Crippen LogP contribution in [0.4, 0.5) is 0 Å². The highest BCUT2D eigenvalue weighted by atomic mass is 32.2. The summed E-state index contributed by atoms with van der Waals surface area (Å²) in [6, 6.07) is 4.10. The number of hydrogen-bond donors (Lipinski definition) is 0. The first kappa shape index (κ1) is 19.1.